The average molecular weight is 388 g/mol. The first-order chi connectivity index (χ1) is 13.0. The van der Waals surface area contributed by atoms with Crippen molar-refractivity contribution >= 4 is 29.1 Å². The molecule has 2 amide bonds. The van der Waals surface area contributed by atoms with Crippen LogP contribution in [0.4, 0.5) is 5.69 Å². The minimum atomic E-state index is -0.729. The number of ether oxygens (including phenoxy) is 1. The molecule has 142 valence electrons. The Bertz CT molecular complexity index is 820. The van der Waals surface area contributed by atoms with E-state index in [-0.39, 0.29) is 17.2 Å². The number of amides is 2. The molecule has 1 aliphatic rings. The summed E-state index contributed by atoms with van der Waals surface area (Å²) in [6.45, 7) is 4.42. The summed E-state index contributed by atoms with van der Waals surface area (Å²) in [5.41, 5.74) is 6.69. The number of para-hydroxylation sites is 1. The van der Waals surface area contributed by atoms with Crippen molar-refractivity contribution in [2.45, 2.75) is 13.0 Å². The van der Waals surface area contributed by atoms with Crippen molar-refractivity contribution in [3.8, 4) is 5.75 Å². The van der Waals surface area contributed by atoms with E-state index in [0.717, 1.165) is 18.8 Å². The zero-order chi connectivity index (χ0) is 19.4. The molecule has 0 saturated carbocycles. The van der Waals surface area contributed by atoms with E-state index in [0.29, 0.717) is 18.1 Å². The predicted octanol–water partition coefficient (Wildman–Crippen LogP) is 2.56. The van der Waals surface area contributed by atoms with Gasteiger partial charge >= 0.3 is 0 Å². The summed E-state index contributed by atoms with van der Waals surface area (Å²) in [5, 5.41) is 0.382. The lowest BCUT2D eigenvalue weighted by Gasteiger charge is -2.37. The maximum absolute atomic E-state index is 12.7. The standard InChI is InChI=1S/C20H22ClN3O3/c1-14(27-18-8-7-15(21)13-17(18)19(22)25)20(26)24-11-9-23(10-12-24)16-5-3-2-4-6-16/h2-8,13-14H,9-12H2,1H3,(H2,22,25). The number of carbonyl (C=O) groups excluding carboxylic acids is 2. The van der Waals surface area contributed by atoms with E-state index < -0.39 is 12.0 Å². The fourth-order valence-electron chi connectivity index (χ4n) is 3.12. The van der Waals surface area contributed by atoms with Crippen LogP contribution in [-0.4, -0.2) is 49.0 Å². The fraction of sp³-hybridized carbons (Fsp3) is 0.300. The number of nitrogens with two attached hydrogens (primary N) is 1. The summed E-state index contributed by atoms with van der Waals surface area (Å²) in [5.74, 6) is -0.507. The molecule has 0 bridgehead atoms. The molecule has 27 heavy (non-hydrogen) atoms. The van der Waals surface area contributed by atoms with Gasteiger partial charge < -0.3 is 20.3 Å². The van der Waals surface area contributed by atoms with Gasteiger partial charge in [0.15, 0.2) is 6.10 Å². The molecular weight excluding hydrogens is 366 g/mol. The summed E-state index contributed by atoms with van der Waals surface area (Å²) in [6, 6.07) is 14.7. The van der Waals surface area contributed by atoms with Crippen LogP contribution in [0.2, 0.25) is 5.02 Å². The SMILES string of the molecule is CC(Oc1ccc(Cl)cc1C(N)=O)C(=O)N1CCN(c2ccccc2)CC1. The molecule has 0 aliphatic carbocycles. The number of primary amides is 1. The lowest BCUT2D eigenvalue weighted by Crippen LogP contribution is -2.52. The van der Waals surface area contributed by atoms with Crippen molar-refractivity contribution in [3.63, 3.8) is 0 Å². The summed E-state index contributed by atoms with van der Waals surface area (Å²) in [4.78, 5) is 28.3. The molecule has 2 N–H and O–H groups in total. The maximum Gasteiger partial charge on any atom is 0.263 e. The highest BCUT2D eigenvalue weighted by atomic mass is 35.5. The third kappa shape index (κ3) is 4.52. The van der Waals surface area contributed by atoms with Gasteiger partial charge in [0.2, 0.25) is 0 Å². The molecular formula is C20H22ClN3O3. The van der Waals surface area contributed by atoms with Crippen molar-refractivity contribution in [1.29, 1.82) is 0 Å². The fourth-order valence-corrected chi connectivity index (χ4v) is 3.29. The van der Waals surface area contributed by atoms with E-state index in [1.165, 1.54) is 6.07 Å². The van der Waals surface area contributed by atoms with Gasteiger partial charge in [0, 0.05) is 36.9 Å². The Morgan fingerprint density at radius 1 is 1.07 bits per heavy atom. The highest BCUT2D eigenvalue weighted by molar-refractivity contribution is 6.31. The zero-order valence-corrected chi connectivity index (χ0v) is 15.9. The van der Waals surface area contributed by atoms with Crippen LogP contribution in [-0.2, 0) is 4.79 Å². The van der Waals surface area contributed by atoms with Crippen molar-refractivity contribution in [2.24, 2.45) is 5.73 Å². The maximum atomic E-state index is 12.7. The molecule has 3 rings (SSSR count). The topological polar surface area (TPSA) is 75.9 Å². The molecule has 0 radical (unpaired) electrons. The molecule has 1 atom stereocenters. The lowest BCUT2D eigenvalue weighted by molar-refractivity contribution is -0.138. The van der Waals surface area contributed by atoms with Crippen LogP contribution in [0.3, 0.4) is 0 Å². The first-order valence-electron chi connectivity index (χ1n) is 8.80. The quantitative estimate of drug-likeness (QED) is 0.855. The second-order valence-corrected chi connectivity index (χ2v) is 6.85. The van der Waals surface area contributed by atoms with Crippen molar-refractivity contribution < 1.29 is 14.3 Å². The van der Waals surface area contributed by atoms with Gasteiger partial charge in [-0.15, -0.1) is 0 Å². The number of hydrogen-bond acceptors (Lipinski definition) is 4. The normalized spacial score (nSPS) is 15.3. The van der Waals surface area contributed by atoms with Gasteiger partial charge in [0.1, 0.15) is 5.75 Å². The Hall–Kier alpha value is -2.73. The Morgan fingerprint density at radius 3 is 2.37 bits per heavy atom. The van der Waals surface area contributed by atoms with E-state index in [1.54, 1.807) is 24.0 Å². The minimum Gasteiger partial charge on any atom is -0.480 e. The number of rotatable bonds is 5. The molecule has 1 aliphatic heterocycles. The van der Waals surface area contributed by atoms with E-state index in [9.17, 15) is 9.59 Å². The van der Waals surface area contributed by atoms with E-state index in [2.05, 4.69) is 17.0 Å². The van der Waals surface area contributed by atoms with Crippen molar-refractivity contribution in [1.82, 2.24) is 4.90 Å². The number of hydrogen-bond donors (Lipinski definition) is 1. The smallest absolute Gasteiger partial charge is 0.263 e. The van der Waals surface area contributed by atoms with Gasteiger partial charge in [0.25, 0.3) is 11.8 Å². The first kappa shape index (κ1) is 19.0. The van der Waals surface area contributed by atoms with Gasteiger partial charge in [-0.2, -0.15) is 0 Å². The molecule has 1 fully saturated rings. The molecule has 2 aromatic rings. The molecule has 0 spiro atoms. The second-order valence-electron chi connectivity index (χ2n) is 6.41. The Kier molecular flexibility index (Phi) is 5.86. The molecule has 2 aromatic carbocycles. The van der Waals surface area contributed by atoms with Crippen molar-refractivity contribution in [3.05, 3.63) is 59.1 Å². The van der Waals surface area contributed by atoms with Crippen molar-refractivity contribution in [2.75, 3.05) is 31.1 Å². The third-order valence-electron chi connectivity index (χ3n) is 4.57. The molecule has 1 saturated heterocycles. The van der Waals surface area contributed by atoms with E-state index in [1.807, 2.05) is 18.2 Å². The van der Waals surface area contributed by atoms with Gasteiger partial charge in [-0.05, 0) is 37.3 Å². The lowest BCUT2D eigenvalue weighted by atomic mass is 10.2. The Balaban J connectivity index is 1.61. The van der Waals surface area contributed by atoms with Crippen LogP contribution in [0.1, 0.15) is 17.3 Å². The third-order valence-corrected chi connectivity index (χ3v) is 4.81. The molecule has 0 aromatic heterocycles. The van der Waals surface area contributed by atoms with Gasteiger partial charge in [-0.1, -0.05) is 29.8 Å². The molecule has 1 unspecified atom stereocenters. The van der Waals surface area contributed by atoms with Gasteiger partial charge in [0.05, 0.1) is 5.56 Å². The highest BCUT2D eigenvalue weighted by Crippen LogP contribution is 2.24. The summed E-state index contributed by atoms with van der Waals surface area (Å²) < 4.78 is 5.72. The zero-order valence-electron chi connectivity index (χ0n) is 15.1. The number of piperazine rings is 1. The van der Waals surface area contributed by atoms with Gasteiger partial charge in [-0.25, -0.2) is 0 Å². The van der Waals surface area contributed by atoms with Crippen LogP contribution in [0.25, 0.3) is 0 Å². The Morgan fingerprint density at radius 2 is 1.74 bits per heavy atom. The van der Waals surface area contributed by atoms with Crippen LogP contribution in [0.5, 0.6) is 5.75 Å². The molecule has 1 heterocycles. The summed E-state index contributed by atoms with van der Waals surface area (Å²) in [7, 11) is 0. The van der Waals surface area contributed by atoms with Crippen LogP contribution < -0.4 is 15.4 Å². The monoisotopic (exact) mass is 387 g/mol. The molecule has 6 nitrogen and oxygen atoms in total. The van der Waals surface area contributed by atoms with Gasteiger partial charge in [-0.3, -0.25) is 9.59 Å². The number of halogens is 1. The first-order valence-corrected chi connectivity index (χ1v) is 9.18. The van der Waals surface area contributed by atoms with Crippen LogP contribution in [0.15, 0.2) is 48.5 Å². The highest BCUT2D eigenvalue weighted by Gasteiger charge is 2.27. The molecule has 7 heteroatoms. The van der Waals surface area contributed by atoms with Crippen LogP contribution >= 0.6 is 11.6 Å². The number of carbonyl (C=O) groups is 2. The average Bonchev–Trinajstić information content (AvgIpc) is 2.69. The number of nitrogens with zero attached hydrogens (tertiary/aromatic N) is 2. The summed E-state index contributed by atoms with van der Waals surface area (Å²) >= 11 is 5.90. The largest absolute Gasteiger partial charge is 0.480 e. The van der Waals surface area contributed by atoms with Crippen LogP contribution in [0, 0.1) is 0 Å². The predicted molar refractivity (Wildman–Crippen MR) is 105 cm³/mol. The number of anilines is 1. The minimum absolute atomic E-state index is 0.118. The summed E-state index contributed by atoms with van der Waals surface area (Å²) in [6.07, 6.45) is -0.729. The second kappa shape index (κ2) is 8.31. The Labute approximate surface area is 163 Å². The number of benzene rings is 2. The van der Waals surface area contributed by atoms with E-state index >= 15 is 0 Å². The van der Waals surface area contributed by atoms with E-state index in [4.69, 9.17) is 22.1 Å².